The highest BCUT2D eigenvalue weighted by atomic mass is 32.1. The Balaban J connectivity index is 2.82. The van der Waals surface area contributed by atoms with Crippen molar-refractivity contribution < 1.29 is 4.74 Å². The van der Waals surface area contributed by atoms with Gasteiger partial charge in [0.1, 0.15) is 0 Å². The van der Waals surface area contributed by atoms with E-state index in [0.717, 1.165) is 13.0 Å². The summed E-state index contributed by atoms with van der Waals surface area (Å²) in [5, 5.41) is 2.09. The first-order valence-electron chi connectivity index (χ1n) is 5.36. The normalized spacial score (nSPS) is 15.2. The number of hydrogen-bond donors (Lipinski definition) is 2. The first kappa shape index (κ1) is 12.6. The number of nitrogens with one attached hydrogen (secondary N) is 1. The van der Waals surface area contributed by atoms with E-state index in [1.54, 1.807) is 11.3 Å². The van der Waals surface area contributed by atoms with Crippen molar-refractivity contribution >= 4 is 11.3 Å². The maximum Gasteiger partial charge on any atom is 0.0780 e. The van der Waals surface area contributed by atoms with Crippen LogP contribution in [0.3, 0.4) is 0 Å². The molecule has 0 fully saturated rings. The average molecular weight is 228 g/mol. The summed E-state index contributed by atoms with van der Waals surface area (Å²) in [5.74, 6) is 5.61. The third-order valence-corrected chi connectivity index (χ3v) is 3.43. The minimum absolute atomic E-state index is 0.0983. The number of rotatable bonds is 6. The van der Waals surface area contributed by atoms with Crippen molar-refractivity contribution in [3.63, 3.8) is 0 Å². The monoisotopic (exact) mass is 228 g/mol. The number of hydrogen-bond acceptors (Lipinski definition) is 4. The summed E-state index contributed by atoms with van der Waals surface area (Å²) >= 11 is 1.74. The molecule has 2 atom stereocenters. The van der Waals surface area contributed by atoms with Gasteiger partial charge in [0, 0.05) is 11.5 Å². The lowest BCUT2D eigenvalue weighted by Crippen LogP contribution is -2.37. The number of thiophene rings is 1. The SMILES string of the molecule is CCOC(CC)C(NN)c1ccsc1C. The first-order valence-corrected chi connectivity index (χ1v) is 6.24. The van der Waals surface area contributed by atoms with Gasteiger partial charge < -0.3 is 4.74 Å². The van der Waals surface area contributed by atoms with Crippen LogP contribution >= 0.6 is 11.3 Å². The van der Waals surface area contributed by atoms with Gasteiger partial charge in [-0.15, -0.1) is 11.3 Å². The predicted octanol–water partition coefficient (Wildman–Crippen LogP) is 2.38. The Morgan fingerprint density at radius 2 is 2.27 bits per heavy atom. The van der Waals surface area contributed by atoms with Gasteiger partial charge in [-0.2, -0.15) is 0 Å². The van der Waals surface area contributed by atoms with E-state index in [2.05, 4.69) is 30.7 Å². The average Bonchev–Trinajstić information content (AvgIpc) is 2.65. The summed E-state index contributed by atoms with van der Waals surface area (Å²) in [7, 11) is 0. The summed E-state index contributed by atoms with van der Waals surface area (Å²) in [6.45, 7) is 6.96. The smallest absolute Gasteiger partial charge is 0.0780 e. The fraction of sp³-hybridized carbons (Fsp3) is 0.636. The Morgan fingerprint density at radius 3 is 2.67 bits per heavy atom. The fourth-order valence-corrected chi connectivity index (χ4v) is 2.53. The van der Waals surface area contributed by atoms with Gasteiger partial charge in [0.05, 0.1) is 12.1 Å². The maximum absolute atomic E-state index is 5.69. The number of nitrogens with two attached hydrogens (primary N) is 1. The zero-order valence-electron chi connectivity index (χ0n) is 9.62. The Labute approximate surface area is 95.6 Å². The molecule has 1 rings (SSSR count). The lowest BCUT2D eigenvalue weighted by Gasteiger charge is -2.25. The van der Waals surface area contributed by atoms with Crippen molar-refractivity contribution in [2.45, 2.75) is 39.3 Å². The van der Waals surface area contributed by atoms with Crippen LogP contribution in [0.15, 0.2) is 11.4 Å². The molecular formula is C11H20N2OS. The van der Waals surface area contributed by atoms with Gasteiger partial charge in [-0.25, -0.2) is 0 Å². The van der Waals surface area contributed by atoms with Crippen LogP contribution in [0.25, 0.3) is 0 Å². The van der Waals surface area contributed by atoms with E-state index in [-0.39, 0.29) is 12.1 Å². The van der Waals surface area contributed by atoms with E-state index in [4.69, 9.17) is 10.6 Å². The van der Waals surface area contributed by atoms with Crippen LogP contribution in [-0.4, -0.2) is 12.7 Å². The van der Waals surface area contributed by atoms with Gasteiger partial charge in [0.25, 0.3) is 0 Å². The quantitative estimate of drug-likeness (QED) is 0.580. The minimum atomic E-state index is 0.0983. The molecule has 0 saturated carbocycles. The molecule has 15 heavy (non-hydrogen) atoms. The van der Waals surface area contributed by atoms with Crippen molar-refractivity contribution in [3.8, 4) is 0 Å². The molecule has 3 N–H and O–H groups in total. The van der Waals surface area contributed by atoms with Crippen molar-refractivity contribution in [2.24, 2.45) is 5.84 Å². The second-order valence-electron chi connectivity index (χ2n) is 3.48. The van der Waals surface area contributed by atoms with Crippen molar-refractivity contribution in [1.29, 1.82) is 0 Å². The molecule has 2 unspecified atom stereocenters. The van der Waals surface area contributed by atoms with Crippen LogP contribution in [0.1, 0.15) is 36.8 Å². The number of ether oxygens (including phenoxy) is 1. The van der Waals surface area contributed by atoms with E-state index >= 15 is 0 Å². The molecule has 4 heteroatoms. The molecule has 86 valence electrons. The van der Waals surface area contributed by atoms with Gasteiger partial charge in [-0.1, -0.05) is 6.92 Å². The lowest BCUT2D eigenvalue weighted by molar-refractivity contribution is 0.0314. The topological polar surface area (TPSA) is 47.3 Å². The lowest BCUT2D eigenvalue weighted by atomic mass is 10.0. The molecule has 0 aromatic carbocycles. The summed E-state index contributed by atoms with van der Waals surface area (Å²) < 4.78 is 5.69. The predicted molar refractivity (Wildman–Crippen MR) is 64.8 cm³/mol. The molecule has 0 aliphatic carbocycles. The van der Waals surface area contributed by atoms with Crippen LogP contribution < -0.4 is 11.3 Å². The molecule has 1 aromatic rings. The zero-order valence-corrected chi connectivity index (χ0v) is 10.4. The Bertz CT molecular complexity index is 288. The van der Waals surface area contributed by atoms with E-state index in [0.29, 0.717) is 0 Å². The minimum Gasteiger partial charge on any atom is -0.376 e. The van der Waals surface area contributed by atoms with E-state index in [1.165, 1.54) is 10.4 Å². The third-order valence-electron chi connectivity index (χ3n) is 2.57. The fourth-order valence-electron chi connectivity index (χ4n) is 1.78. The molecule has 0 radical (unpaired) electrons. The summed E-state index contributed by atoms with van der Waals surface area (Å²) in [6.07, 6.45) is 1.10. The van der Waals surface area contributed by atoms with Crippen LogP contribution in [-0.2, 0) is 4.74 Å². The zero-order chi connectivity index (χ0) is 11.3. The molecule has 3 nitrogen and oxygen atoms in total. The standard InChI is InChI=1S/C11H20N2OS/c1-4-10(14-5-2)11(13-12)9-6-7-15-8(9)3/h6-7,10-11,13H,4-5,12H2,1-3H3. The molecule has 0 aliphatic rings. The van der Waals surface area contributed by atoms with E-state index in [9.17, 15) is 0 Å². The van der Waals surface area contributed by atoms with Gasteiger partial charge >= 0.3 is 0 Å². The highest BCUT2D eigenvalue weighted by Crippen LogP contribution is 2.27. The third kappa shape index (κ3) is 3.01. The van der Waals surface area contributed by atoms with Gasteiger partial charge in [-0.3, -0.25) is 11.3 Å². The Kier molecular flexibility index (Phi) is 5.25. The first-order chi connectivity index (χ1) is 7.24. The molecule has 0 bridgehead atoms. The molecule has 0 amide bonds. The van der Waals surface area contributed by atoms with Crippen molar-refractivity contribution in [1.82, 2.24) is 5.43 Å². The Morgan fingerprint density at radius 1 is 1.53 bits per heavy atom. The highest BCUT2D eigenvalue weighted by Gasteiger charge is 2.22. The summed E-state index contributed by atoms with van der Waals surface area (Å²) in [5.41, 5.74) is 4.12. The van der Waals surface area contributed by atoms with Crippen molar-refractivity contribution in [2.75, 3.05) is 6.61 Å². The Hall–Kier alpha value is -0.420. The summed E-state index contributed by atoms with van der Waals surface area (Å²) in [6, 6.07) is 2.22. The van der Waals surface area contributed by atoms with Crippen LogP contribution in [0, 0.1) is 6.92 Å². The second-order valence-corrected chi connectivity index (χ2v) is 4.60. The largest absolute Gasteiger partial charge is 0.376 e. The van der Waals surface area contributed by atoms with Crippen molar-refractivity contribution in [3.05, 3.63) is 21.9 Å². The van der Waals surface area contributed by atoms with Crippen LogP contribution in [0.5, 0.6) is 0 Å². The number of hydrazine groups is 1. The van der Waals surface area contributed by atoms with Crippen LogP contribution in [0.2, 0.25) is 0 Å². The van der Waals surface area contributed by atoms with E-state index < -0.39 is 0 Å². The van der Waals surface area contributed by atoms with E-state index in [1.807, 2.05) is 6.92 Å². The van der Waals surface area contributed by atoms with Crippen LogP contribution in [0.4, 0.5) is 0 Å². The van der Waals surface area contributed by atoms with Gasteiger partial charge in [0.2, 0.25) is 0 Å². The van der Waals surface area contributed by atoms with Gasteiger partial charge in [-0.05, 0) is 37.3 Å². The molecule has 0 saturated heterocycles. The molecule has 0 spiro atoms. The van der Waals surface area contributed by atoms with Gasteiger partial charge in [0.15, 0.2) is 0 Å². The highest BCUT2D eigenvalue weighted by molar-refractivity contribution is 7.10. The number of aryl methyl sites for hydroxylation is 1. The molecule has 1 heterocycles. The molecule has 0 aliphatic heterocycles. The molecular weight excluding hydrogens is 208 g/mol. The second kappa shape index (κ2) is 6.23. The molecule has 1 aromatic heterocycles. The summed E-state index contributed by atoms with van der Waals surface area (Å²) in [4.78, 5) is 1.30. The maximum atomic E-state index is 5.69.